The average molecular weight is 302 g/mol. The lowest BCUT2D eigenvalue weighted by molar-refractivity contribution is -0.173. The van der Waals surface area contributed by atoms with Crippen LogP contribution in [0.5, 0.6) is 0 Å². The number of esters is 1. The van der Waals surface area contributed by atoms with E-state index in [1.807, 2.05) is 6.92 Å². The summed E-state index contributed by atoms with van der Waals surface area (Å²) in [5.74, 6) is 1.01. The third-order valence-corrected chi connectivity index (χ3v) is 6.00. The Morgan fingerprint density at radius 2 is 1.95 bits per heavy atom. The summed E-state index contributed by atoms with van der Waals surface area (Å²) in [6.07, 6.45) is 1.10. The fourth-order valence-electron chi connectivity index (χ4n) is 2.40. The van der Waals surface area contributed by atoms with Crippen molar-refractivity contribution in [2.75, 3.05) is 23.0 Å². The van der Waals surface area contributed by atoms with E-state index in [9.17, 15) is 14.4 Å². The Morgan fingerprint density at radius 1 is 1.32 bits per heavy atom. The third-order valence-electron chi connectivity index (χ3n) is 3.29. The first kappa shape index (κ1) is 14.9. The zero-order chi connectivity index (χ0) is 13.9. The summed E-state index contributed by atoms with van der Waals surface area (Å²) in [5, 5.41) is 0. The smallest absolute Gasteiger partial charge is 0.324 e. The fourth-order valence-corrected chi connectivity index (χ4v) is 5.03. The van der Waals surface area contributed by atoms with Crippen LogP contribution >= 0.6 is 23.5 Å². The Bertz CT molecular complexity index is 366. The minimum atomic E-state index is -1.16. The van der Waals surface area contributed by atoms with Crippen LogP contribution in [0.15, 0.2) is 0 Å². The van der Waals surface area contributed by atoms with Gasteiger partial charge < -0.3 is 4.74 Å². The molecule has 0 aliphatic carbocycles. The van der Waals surface area contributed by atoms with E-state index in [0.717, 1.165) is 11.5 Å². The zero-order valence-electron chi connectivity index (χ0n) is 11.0. The second kappa shape index (κ2) is 6.31. The molecule has 2 rings (SSSR count). The first-order valence-electron chi connectivity index (χ1n) is 6.52. The molecular weight excluding hydrogens is 284 g/mol. The number of carbonyl (C=O) groups is 3. The standard InChI is InChI=1S/C13H18O4S2/c1-2-3-9(14)11-10(15)6-13(17-12(11)16)7-18-4-5-19-8-13/h11H,2-8H2,1H3. The molecule has 0 amide bonds. The SMILES string of the molecule is CCCC(=O)C1C(=O)CC2(CSCCSC2)OC1=O. The monoisotopic (exact) mass is 302 g/mol. The van der Waals surface area contributed by atoms with Gasteiger partial charge >= 0.3 is 5.97 Å². The van der Waals surface area contributed by atoms with E-state index in [2.05, 4.69) is 0 Å². The van der Waals surface area contributed by atoms with Crippen LogP contribution in [-0.2, 0) is 19.1 Å². The molecule has 4 nitrogen and oxygen atoms in total. The normalized spacial score (nSPS) is 26.9. The van der Waals surface area contributed by atoms with Crippen LogP contribution in [0.25, 0.3) is 0 Å². The van der Waals surface area contributed by atoms with Crippen molar-refractivity contribution in [2.24, 2.45) is 5.92 Å². The summed E-state index contributed by atoms with van der Waals surface area (Å²) >= 11 is 3.42. The molecule has 1 spiro atoms. The fraction of sp³-hybridized carbons (Fsp3) is 0.769. The Balaban J connectivity index is 2.11. The molecule has 0 N–H and O–H groups in total. The van der Waals surface area contributed by atoms with Gasteiger partial charge in [0, 0.05) is 35.9 Å². The van der Waals surface area contributed by atoms with E-state index < -0.39 is 17.5 Å². The number of thioether (sulfide) groups is 2. The Labute approximate surface area is 121 Å². The van der Waals surface area contributed by atoms with Crippen LogP contribution in [0.2, 0.25) is 0 Å². The van der Waals surface area contributed by atoms with E-state index in [1.165, 1.54) is 0 Å². The number of hydrogen-bond acceptors (Lipinski definition) is 6. The largest absolute Gasteiger partial charge is 0.456 e. The summed E-state index contributed by atoms with van der Waals surface area (Å²) in [7, 11) is 0. The predicted octanol–water partition coefficient (Wildman–Crippen LogP) is 1.71. The highest BCUT2D eigenvalue weighted by atomic mass is 32.2. The molecule has 0 bridgehead atoms. The van der Waals surface area contributed by atoms with Crippen molar-refractivity contribution in [3.05, 3.63) is 0 Å². The lowest BCUT2D eigenvalue weighted by Gasteiger charge is -2.36. The van der Waals surface area contributed by atoms with Crippen molar-refractivity contribution < 1.29 is 19.1 Å². The first-order chi connectivity index (χ1) is 9.08. The van der Waals surface area contributed by atoms with Gasteiger partial charge in [-0.25, -0.2) is 0 Å². The van der Waals surface area contributed by atoms with Gasteiger partial charge in [-0.2, -0.15) is 23.5 Å². The zero-order valence-corrected chi connectivity index (χ0v) is 12.6. The highest BCUT2D eigenvalue weighted by Gasteiger charge is 2.49. The molecule has 2 aliphatic rings. The van der Waals surface area contributed by atoms with E-state index in [0.29, 0.717) is 17.9 Å². The quantitative estimate of drug-likeness (QED) is 0.584. The average Bonchev–Trinajstić information content (AvgIpc) is 2.54. The molecule has 19 heavy (non-hydrogen) atoms. The molecule has 0 saturated carbocycles. The van der Waals surface area contributed by atoms with Crippen LogP contribution in [-0.4, -0.2) is 46.1 Å². The lowest BCUT2D eigenvalue weighted by Crippen LogP contribution is -2.52. The Kier molecular flexibility index (Phi) is 4.95. The van der Waals surface area contributed by atoms with Crippen molar-refractivity contribution in [3.63, 3.8) is 0 Å². The number of rotatable bonds is 3. The molecule has 0 aromatic carbocycles. The second-order valence-corrected chi connectivity index (χ2v) is 7.21. The predicted molar refractivity (Wildman–Crippen MR) is 76.5 cm³/mol. The van der Waals surface area contributed by atoms with Crippen molar-refractivity contribution >= 4 is 41.1 Å². The van der Waals surface area contributed by atoms with Gasteiger partial charge in [0.1, 0.15) is 5.60 Å². The molecule has 106 valence electrons. The van der Waals surface area contributed by atoms with Crippen molar-refractivity contribution in [2.45, 2.75) is 31.8 Å². The minimum Gasteiger partial charge on any atom is -0.456 e. The molecule has 2 heterocycles. The topological polar surface area (TPSA) is 60.4 Å². The van der Waals surface area contributed by atoms with Crippen LogP contribution in [0, 0.1) is 5.92 Å². The number of ketones is 2. The van der Waals surface area contributed by atoms with Crippen LogP contribution in [0.1, 0.15) is 26.2 Å². The third kappa shape index (κ3) is 3.34. The van der Waals surface area contributed by atoms with Gasteiger partial charge in [0.15, 0.2) is 17.5 Å². The number of hydrogen-bond donors (Lipinski definition) is 0. The molecule has 2 aliphatic heterocycles. The van der Waals surface area contributed by atoms with Crippen molar-refractivity contribution in [1.82, 2.24) is 0 Å². The van der Waals surface area contributed by atoms with Gasteiger partial charge in [-0.1, -0.05) is 6.92 Å². The van der Waals surface area contributed by atoms with Gasteiger partial charge in [0.25, 0.3) is 0 Å². The van der Waals surface area contributed by atoms with E-state index in [1.54, 1.807) is 23.5 Å². The summed E-state index contributed by atoms with van der Waals surface area (Å²) in [4.78, 5) is 36.0. The molecule has 1 atom stereocenters. The van der Waals surface area contributed by atoms with E-state index in [-0.39, 0.29) is 24.4 Å². The number of Topliss-reactive ketones (excluding diaryl/α,β-unsaturated/α-hetero) is 2. The Morgan fingerprint density at radius 3 is 2.47 bits per heavy atom. The molecular formula is C13H18O4S2. The summed E-state index contributed by atoms with van der Waals surface area (Å²) in [6.45, 7) is 1.86. The maximum atomic E-state index is 12.2. The van der Waals surface area contributed by atoms with Gasteiger partial charge in [-0.3, -0.25) is 14.4 Å². The second-order valence-electron chi connectivity index (χ2n) is 5.00. The molecule has 0 aromatic rings. The van der Waals surface area contributed by atoms with Crippen molar-refractivity contribution in [1.29, 1.82) is 0 Å². The van der Waals surface area contributed by atoms with Gasteiger partial charge in [0.2, 0.25) is 0 Å². The van der Waals surface area contributed by atoms with Crippen LogP contribution in [0.3, 0.4) is 0 Å². The highest BCUT2D eigenvalue weighted by Crippen LogP contribution is 2.36. The van der Waals surface area contributed by atoms with Gasteiger partial charge in [-0.05, 0) is 6.42 Å². The molecule has 2 fully saturated rings. The molecule has 6 heteroatoms. The number of carbonyl (C=O) groups excluding carboxylic acids is 3. The van der Waals surface area contributed by atoms with Crippen molar-refractivity contribution in [3.8, 4) is 0 Å². The first-order valence-corrected chi connectivity index (χ1v) is 8.83. The lowest BCUT2D eigenvalue weighted by atomic mass is 9.86. The van der Waals surface area contributed by atoms with Crippen LogP contribution in [0.4, 0.5) is 0 Å². The van der Waals surface area contributed by atoms with E-state index >= 15 is 0 Å². The summed E-state index contributed by atoms with van der Waals surface area (Å²) in [5.41, 5.74) is -0.678. The van der Waals surface area contributed by atoms with E-state index in [4.69, 9.17) is 4.74 Å². The van der Waals surface area contributed by atoms with Gasteiger partial charge in [0.05, 0.1) is 0 Å². The summed E-state index contributed by atoms with van der Waals surface area (Å²) < 4.78 is 5.52. The number of ether oxygens (including phenoxy) is 1. The molecule has 0 radical (unpaired) electrons. The molecule has 1 unspecified atom stereocenters. The maximum Gasteiger partial charge on any atom is 0.324 e. The highest BCUT2D eigenvalue weighted by molar-refractivity contribution is 8.03. The Hall–Kier alpha value is -0.490. The van der Waals surface area contributed by atoms with Crippen LogP contribution < -0.4 is 0 Å². The van der Waals surface area contributed by atoms with Gasteiger partial charge in [-0.15, -0.1) is 0 Å². The summed E-state index contributed by atoms with van der Waals surface area (Å²) in [6, 6.07) is 0. The molecule has 0 aromatic heterocycles. The maximum absolute atomic E-state index is 12.2. The minimum absolute atomic E-state index is 0.193. The molecule has 2 saturated heterocycles.